The first-order valence-electron chi connectivity index (χ1n) is 5.23. The van der Waals surface area contributed by atoms with Gasteiger partial charge >= 0.3 is 5.97 Å². The standard InChI is InChI=1S/C11H6F5NO4/c1-2-21-11(19)9(17-20)10(18)3-4(12)6(14)8(16)7(15)5(3)13/h18H,2H2,1H3/b10-9+. The first kappa shape index (κ1) is 16.5. The van der Waals surface area contributed by atoms with E-state index in [-0.39, 0.29) is 6.61 Å². The topological polar surface area (TPSA) is 76.0 Å². The Morgan fingerprint density at radius 1 is 1.05 bits per heavy atom. The molecule has 0 atom stereocenters. The molecule has 0 saturated carbocycles. The fraction of sp³-hybridized carbons (Fsp3) is 0.182. The summed E-state index contributed by atoms with van der Waals surface area (Å²) in [5.74, 6) is -15.4. The molecule has 0 saturated heterocycles. The average molecular weight is 311 g/mol. The van der Waals surface area contributed by atoms with Gasteiger partial charge < -0.3 is 9.84 Å². The number of hydrogen-bond donors (Lipinski definition) is 1. The van der Waals surface area contributed by atoms with E-state index >= 15 is 0 Å². The van der Waals surface area contributed by atoms with Gasteiger partial charge in [-0.25, -0.2) is 26.7 Å². The van der Waals surface area contributed by atoms with Crippen LogP contribution >= 0.6 is 0 Å². The second-order valence-corrected chi connectivity index (χ2v) is 3.45. The van der Waals surface area contributed by atoms with Crippen LogP contribution in [0.2, 0.25) is 0 Å². The maximum absolute atomic E-state index is 13.4. The van der Waals surface area contributed by atoms with Crippen molar-refractivity contribution in [1.82, 2.24) is 0 Å². The average Bonchev–Trinajstić information content (AvgIpc) is 2.44. The molecule has 0 fully saturated rings. The minimum atomic E-state index is -2.46. The molecule has 1 aromatic carbocycles. The molecule has 0 spiro atoms. The molecular weight excluding hydrogens is 305 g/mol. The first-order chi connectivity index (χ1) is 9.77. The molecule has 10 heteroatoms. The number of ether oxygens (including phenoxy) is 1. The number of rotatable bonds is 4. The lowest BCUT2D eigenvalue weighted by atomic mass is 10.1. The minimum Gasteiger partial charge on any atom is -0.505 e. The molecule has 0 aromatic heterocycles. The summed E-state index contributed by atoms with van der Waals surface area (Å²) in [5.41, 5.74) is -3.38. The largest absolute Gasteiger partial charge is 0.505 e. The summed E-state index contributed by atoms with van der Waals surface area (Å²) in [6.07, 6.45) is 0. The summed E-state index contributed by atoms with van der Waals surface area (Å²) < 4.78 is 69.8. The van der Waals surface area contributed by atoms with Crippen LogP contribution in [0.4, 0.5) is 22.0 Å². The highest BCUT2D eigenvalue weighted by Gasteiger charge is 2.31. The van der Waals surface area contributed by atoms with Gasteiger partial charge in [0.1, 0.15) is 0 Å². The van der Waals surface area contributed by atoms with Crippen molar-refractivity contribution >= 4 is 11.7 Å². The van der Waals surface area contributed by atoms with Gasteiger partial charge in [-0.05, 0) is 12.1 Å². The van der Waals surface area contributed by atoms with E-state index in [0.29, 0.717) is 0 Å². The Kier molecular flexibility index (Phi) is 4.95. The molecule has 5 nitrogen and oxygen atoms in total. The van der Waals surface area contributed by atoms with Crippen molar-refractivity contribution in [1.29, 1.82) is 0 Å². The third-order valence-electron chi connectivity index (χ3n) is 2.23. The van der Waals surface area contributed by atoms with Gasteiger partial charge in [-0.1, -0.05) is 0 Å². The van der Waals surface area contributed by atoms with Gasteiger partial charge in [0.25, 0.3) is 0 Å². The second-order valence-electron chi connectivity index (χ2n) is 3.45. The van der Waals surface area contributed by atoms with Crippen molar-refractivity contribution in [2.24, 2.45) is 5.18 Å². The number of nitrogens with zero attached hydrogens (tertiary/aromatic N) is 1. The molecule has 1 aromatic rings. The zero-order valence-corrected chi connectivity index (χ0v) is 10.2. The predicted octanol–water partition coefficient (Wildman–Crippen LogP) is 2.94. The molecule has 0 radical (unpaired) electrons. The van der Waals surface area contributed by atoms with Gasteiger partial charge in [-0.2, -0.15) is 0 Å². The number of carbonyl (C=O) groups is 1. The highest BCUT2D eigenvalue weighted by molar-refractivity contribution is 5.95. The Balaban J connectivity index is 3.66. The number of aliphatic hydroxyl groups is 1. The summed E-state index contributed by atoms with van der Waals surface area (Å²) in [6.45, 7) is 1.01. The molecule has 21 heavy (non-hydrogen) atoms. The summed E-state index contributed by atoms with van der Waals surface area (Å²) in [5, 5.41) is 11.4. The summed E-state index contributed by atoms with van der Waals surface area (Å²) in [7, 11) is 0. The lowest BCUT2D eigenvalue weighted by Crippen LogP contribution is -2.12. The number of aliphatic hydroxyl groups excluding tert-OH is 1. The van der Waals surface area contributed by atoms with E-state index in [2.05, 4.69) is 4.74 Å². The van der Waals surface area contributed by atoms with Crippen molar-refractivity contribution in [3.05, 3.63) is 45.3 Å². The Labute approximate surface area is 113 Å². The molecule has 0 aliphatic rings. The van der Waals surface area contributed by atoms with Crippen LogP contribution < -0.4 is 0 Å². The molecule has 114 valence electrons. The molecule has 1 N–H and O–H groups in total. The van der Waals surface area contributed by atoms with Crippen LogP contribution in [0.3, 0.4) is 0 Å². The molecule has 0 heterocycles. The monoisotopic (exact) mass is 311 g/mol. The van der Waals surface area contributed by atoms with Crippen molar-refractivity contribution in [3.63, 3.8) is 0 Å². The van der Waals surface area contributed by atoms with Crippen LogP contribution in [0.25, 0.3) is 5.76 Å². The van der Waals surface area contributed by atoms with Crippen molar-refractivity contribution in [3.8, 4) is 0 Å². The number of nitroso groups, excluding NO2 is 1. The third-order valence-corrected chi connectivity index (χ3v) is 2.23. The van der Waals surface area contributed by atoms with Crippen LogP contribution in [0.15, 0.2) is 10.9 Å². The van der Waals surface area contributed by atoms with Crippen LogP contribution in [-0.4, -0.2) is 17.7 Å². The Bertz CT molecular complexity index is 615. The van der Waals surface area contributed by atoms with Crippen LogP contribution in [0.1, 0.15) is 12.5 Å². The van der Waals surface area contributed by atoms with Gasteiger partial charge in [-0.3, -0.25) is 0 Å². The summed E-state index contributed by atoms with van der Waals surface area (Å²) in [4.78, 5) is 21.6. The first-order valence-corrected chi connectivity index (χ1v) is 5.23. The molecule has 0 bridgehead atoms. The van der Waals surface area contributed by atoms with Crippen molar-refractivity contribution < 1.29 is 36.6 Å². The molecular formula is C11H6F5NO4. The van der Waals surface area contributed by atoms with E-state index in [9.17, 15) is 36.8 Å². The predicted molar refractivity (Wildman–Crippen MR) is 58.2 cm³/mol. The quantitative estimate of drug-likeness (QED) is 0.176. The Morgan fingerprint density at radius 2 is 1.48 bits per heavy atom. The molecule has 0 amide bonds. The van der Waals surface area contributed by atoms with Gasteiger partial charge in [0, 0.05) is 0 Å². The number of carbonyl (C=O) groups excluding carboxylic acids is 1. The SMILES string of the molecule is CCOC(=O)/C(N=O)=C(\O)c1c(F)c(F)c(F)c(F)c1F. The number of esters is 1. The van der Waals surface area contributed by atoms with Gasteiger partial charge in [0.05, 0.1) is 12.2 Å². The normalized spacial score (nSPS) is 11.9. The van der Waals surface area contributed by atoms with Gasteiger partial charge in [-0.15, -0.1) is 4.91 Å². The zero-order valence-electron chi connectivity index (χ0n) is 10.2. The smallest absolute Gasteiger partial charge is 0.364 e. The summed E-state index contributed by atoms with van der Waals surface area (Å²) >= 11 is 0. The maximum atomic E-state index is 13.4. The van der Waals surface area contributed by atoms with E-state index in [4.69, 9.17) is 0 Å². The number of halogens is 5. The van der Waals surface area contributed by atoms with Crippen LogP contribution in [0, 0.1) is 34.0 Å². The van der Waals surface area contributed by atoms with Crippen molar-refractivity contribution in [2.75, 3.05) is 6.61 Å². The highest BCUT2D eigenvalue weighted by atomic mass is 19.2. The zero-order chi connectivity index (χ0) is 16.3. The molecule has 1 rings (SSSR count). The van der Waals surface area contributed by atoms with Gasteiger partial charge in [0.15, 0.2) is 29.0 Å². The summed E-state index contributed by atoms with van der Waals surface area (Å²) in [6, 6.07) is 0. The van der Waals surface area contributed by atoms with E-state index in [1.54, 1.807) is 0 Å². The maximum Gasteiger partial charge on any atom is 0.364 e. The second kappa shape index (κ2) is 6.29. The number of hydrogen-bond acceptors (Lipinski definition) is 5. The van der Waals surface area contributed by atoms with Gasteiger partial charge in [0.2, 0.25) is 11.5 Å². The molecule has 0 unspecified atom stereocenters. The molecule has 0 aliphatic carbocycles. The van der Waals surface area contributed by atoms with Crippen LogP contribution in [0.5, 0.6) is 0 Å². The lowest BCUT2D eigenvalue weighted by molar-refractivity contribution is -0.138. The fourth-order valence-corrected chi connectivity index (χ4v) is 1.31. The Morgan fingerprint density at radius 3 is 1.86 bits per heavy atom. The van der Waals surface area contributed by atoms with E-state index in [1.807, 2.05) is 5.18 Å². The minimum absolute atomic E-state index is 0.289. The van der Waals surface area contributed by atoms with Crippen LogP contribution in [-0.2, 0) is 9.53 Å². The van der Waals surface area contributed by atoms with E-state index in [1.165, 1.54) is 6.92 Å². The Hall–Kier alpha value is -2.52. The lowest BCUT2D eigenvalue weighted by Gasteiger charge is -2.08. The molecule has 0 aliphatic heterocycles. The van der Waals surface area contributed by atoms with Crippen molar-refractivity contribution in [2.45, 2.75) is 6.92 Å². The van der Waals surface area contributed by atoms with E-state index < -0.39 is 52.1 Å². The van der Waals surface area contributed by atoms with E-state index in [0.717, 1.165) is 0 Å². The fourth-order valence-electron chi connectivity index (χ4n) is 1.31. The number of benzene rings is 1. The highest BCUT2D eigenvalue weighted by Crippen LogP contribution is 2.29. The third kappa shape index (κ3) is 2.83.